The van der Waals surface area contributed by atoms with E-state index in [2.05, 4.69) is 22.6 Å². The van der Waals surface area contributed by atoms with Crippen molar-refractivity contribution >= 4 is 34.7 Å². The maximum atomic E-state index is 10.7. The fourth-order valence-corrected chi connectivity index (χ4v) is 2.12. The second kappa shape index (κ2) is 4.12. The fraction of sp³-hybridized carbons (Fsp3) is 0.714. The summed E-state index contributed by atoms with van der Waals surface area (Å²) in [7, 11) is 0. The number of carbonyl (C=O) groups is 2. The van der Waals surface area contributed by atoms with Crippen molar-refractivity contribution < 1.29 is 19.8 Å². The molecule has 6 heteroatoms. The summed E-state index contributed by atoms with van der Waals surface area (Å²) >= 11 is 2.14. The highest BCUT2D eigenvalue weighted by Crippen LogP contribution is 2.24. The smallest absolute Gasteiger partial charge is 0.408 e. The lowest BCUT2D eigenvalue weighted by molar-refractivity contribution is -0.141. The molecule has 1 amide bonds. The van der Waals surface area contributed by atoms with Gasteiger partial charge in [-0.3, -0.25) is 4.90 Å². The molecule has 5 nitrogen and oxygen atoms in total. The summed E-state index contributed by atoms with van der Waals surface area (Å²) in [6.45, 7) is 0.343. The van der Waals surface area contributed by atoms with Crippen LogP contribution in [0, 0.1) is 5.92 Å². The molecule has 0 aromatic heterocycles. The van der Waals surface area contributed by atoms with E-state index >= 15 is 0 Å². The van der Waals surface area contributed by atoms with Gasteiger partial charge in [-0.1, -0.05) is 22.6 Å². The van der Waals surface area contributed by atoms with Gasteiger partial charge in [0.25, 0.3) is 0 Å². The second-order valence-electron chi connectivity index (χ2n) is 3.05. The van der Waals surface area contributed by atoms with Crippen LogP contribution < -0.4 is 0 Å². The maximum absolute atomic E-state index is 10.7. The molecule has 1 aliphatic rings. The lowest BCUT2D eigenvalue weighted by Gasteiger charge is -2.16. The van der Waals surface area contributed by atoms with Gasteiger partial charge in [0, 0.05) is 11.0 Å². The van der Waals surface area contributed by atoms with E-state index in [-0.39, 0.29) is 5.92 Å². The van der Waals surface area contributed by atoms with Crippen molar-refractivity contribution in [2.75, 3.05) is 11.0 Å². The van der Waals surface area contributed by atoms with Crippen LogP contribution in [0.3, 0.4) is 0 Å². The zero-order valence-corrected chi connectivity index (χ0v) is 8.97. The van der Waals surface area contributed by atoms with Crippen LogP contribution in [0.25, 0.3) is 0 Å². The van der Waals surface area contributed by atoms with Gasteiger partial charge < -0.3 is 10.2 Å². The predicted molar refractivity (Wildman–Crippen MR) is 53.1 cm³/mol. The van der Waals surface area contributed by atoms with Crippen molar-refractivity contribution in [3.63, 3.8) is 0 Å². The molecule has 1 saturated heterocycles. The number of aliphatic carboxylic acids is 1. The molecule has 1 aliphatic heterocycles. The Morgan fingerprint density at radius 2 is 2.08 bits per heavy atom. The Hall–Kier alpha value is -0.530. The Balaban J connectivity index is 2.71. The van der Waals surface area contributed by atoms with Crippen LogP contribution in [-0.2, 0) is 4.79 Å². The summed E-state index contributed by atoms with van der Waals surface area (Å²) in [6, 6.07) is -0.850. The number of likely N-dealkylation sites (tertiary alicyclic amines) is 1. The zero-order chi connectivity index (χ0) is 10.0. The Labute approximate surface area is 88.9 Å². The number of carboxylic acids is 1. The normalized spacial score (nSPS) is 27.6. The van der Waals surface area contributed by atoms with Crippen LogP contribution in [0.1, 0.15) is 6.42 Å². The third-order valence-corrected chi connectivity index (χ3v) is 3.38. The van der Waals surface area contributed by atoms with Crippen molar-refractivity contribution in [2.45, 2.75) is 12.5 Å². The van der Waals surface area contributed by atoms with E-state index in [1.54, 1.807) is 0 Å². The molecule has 13 heavy (non-hydrogen) atoms. The van der Waals surface area contributed by atoms with Crippen molar-refractivity contribution in [2.24, 2.45) is 5.92 Å². The number of alkyl halides is 1. The molecule has 0 saturated carbocycles. The molecule has 2 N–H and O–H groups in total. The minimum atomic E-state index is -1.14. The van der Waals surface area contributed by atoms with E-state index in [9.17, 15) is 9.59 Å². The molecular weight excluding hydrogens is 289 g/mol. The van der Waals surface area contributed by atoms with E-state index in [4.69, 9.17) is 10.2 Å². The van der Waals surface area contributed by atoms with Gasteiger partial charge in [0.05, 0.1) is 0 Å². The number of hydrogen-bond donors (Lipinski definition) is 2. The van der Waals surface area contributed by atoms with Gasteiger partial charge in [-0.2, -0.15) is 0 Å². The first-order valence-electron chi connectivity index (χ1n) is 3.84. The lowest BCUT2D eigenvalue weighted by atomic mass is 10.1. The third kappa shape index (κ3) is 2.23. The molecule has 0 bridgehead atoms. The average molecular weight is 299 g/mol. The second-order valence-corrected chi connectivity index (χ2v) is 3.93. The van der Waals surface area contributed by atoms with Crippen LogP contribution in [-0.4, -0.2) is 44.2 Å². The maximum Gasteiger partial charge on any atom is 0.408 e. The fourth-order valence-electron chi connectivity index (χ4n) is 1.48. The van der Waals surface area contributed by atoms with Crippen molar-refractivity contribution in [1.29, 1.82) is 0 Å². The molecule has 1 rings (SSSR count). The van der Waals surface area contributed by atoms with Gasteiger partial charge in [0.2, 0.25) is 0 Å². The minimum Gasteiger partial charge on any atom is -0.480 e. The quantitative estimate of drug-likeness (QED) is 0.586. The Morgan fingerprint density at radius 3 is 2.38 bits per heavy atom. The molecule has 0 spiro atoms. The summed E-state index contributed by atoms with van der Waals surface area (Å²) < 4.78 is 0.797. The average Bonchev–Trinajstić information content (AvgIpc) is 2.47. The zero-order valence-electron chi connectivity index (χ0n) is 6.81. The molecule has 0 unspecified atom stereocenters. The summed E-state index contributed by atoms with van der Waals surface area (Å²) in [6.07, 6.45) is -0.704. The van der Waals surface area contributed by atoms with E-state index in [0.29, 0.717) is 13.0 Å². The first-order chi connectivity index (χ1) is 6.06. The van der Waals surface area contributed by atoms with Crippen molar-refractivity contribution in [3.8, 4) is 0 Å². The number of hydrogen-bond acceptors (Lipinski definition) is 2. The van der Waals surface area contributed by atoms with Crippen LogP contribution in [0.4, 0.5) is 4.79 Å². The van der Waals surface area contributed by atoms with E-state index < -0.39 is 18.1 Å². The van der Waals surface area contributed by atoms with Gasteiger partial charge in [-0.25, -0.2) is 9.59 Å². The van der Waals surface area contributed by atoms with Crippen LogP contribution in [0.2, 0.25) is 0 Å². The number of carboxylic acid groups (broad SMARTS) is 2. The number of rotatable bonds is 2. The van der Waals surface area contributed by atoms with E-state index in [0.717, 1.165) is 9.33 Å². The minimum absolute atomic E-state index is 0.179. The monoisotopic (exact) mass is 299 g/mol. The molecule has 1 heterocycles. The highest BCUT2D eigenvalue weighted by atomic mass is 127. The molecule has 74 valence electrons. The van der Waals surface area contributed by atoms with Crippen LogP contribution in [0.5, 0.6) is 0 Å². The van der Waals surface area contributed by atoms with Gasteiger partial charge in [0.15, 0.2) is 0 Å². The highest BCUT2D eigenvalue weighted by Gasteiger charge is 2.39. The number of halogens is 1. The summed E-state index contributed by atoms with van der Waals surface area (Å²) in [5, 5.41) is 17.4. The largest absolute Gasteiger partial charge is 0.480 e. The summed E-state index contributed by atoms with van der Waals surface area (Å²) in [4.78, 5) is 22.3. The summed E-state index contributed by atoms with van der Waals surface area (Å²) in [5.41, 5.74) is 0. The topological polar surface area (TPSA) is 77.8 Å². The predicted octanol–water partition coefficient (Wildman–Crippen LogP) is 0.875. The van der Waals surface area contributed by atoms with Gasteiger partial charge >= 0.3 is 12.1 Å². The highest BCUT2D eigenvalue weighted by molar-refractivity contribution is 14.1. The number of amides is 1. The van der Waals surface area contributed by atoms with Crippen LogP contribution in [0.15, 0.2) is 0 Å². The molecule has 2 atom stereocenters. The molecular formula is C7H10INO4. The molecule has 1 fully saturated rings. The Morgan fingerprint density at radius 1 is 1.46 bits per heavy atom. The van der Waals surface area contributed by atoms with Gasteiger partial charge in [0.1, 0.15) is 6.04 Å². The van der Waals surface area contributed by atoms with Crippen LogP contribution >= 0.6 is 22.6 Å². The Bertz CT molecular complexity index is 211. The standard InChI is InChI=1S/C7H10INO4/c8-2-4-1-5(6(10)11)9(3-4)7(12)13/h4-5H,1-3H2,(H,10,11)(H,12,13)/t4-,5-/m0/s1. The number of nitrogens with zero attached hydrogens (tertiary/aromatic N) is 1. The Kier molecular flexibility index (Phi) is 3.34. The first-order valence-corrected chi connectivity index (χ1v) is 5.37. The third-order valence-electron chi connectivity index (χ3n) is 2.14. The molecule has 0 aliphatic carbocycles. The molecule has 0 aromatic carbocycles. The van der Waals surface area contributed by atoms with Gasteiger partial charge in [-0.05, 0) is 12.3 Å². The van der Waals surface area contributed by atoms with Crippen molar-refractivity contribution in [1.82, 2.24) is 4.90 Å². The summed E-state index contributed by atoms with van der Waals surface area (Å²) in [5.74, 6) is -0.868. The first kappa shape index (κ1) is 10.6. The SMILES string of the molecule is O=C(O)[C@@H]1C[C@@H](CI)CN1C(=O)O. The lowest BCUT2D eigenvalue weighted by Crippen LogP contribution is -2.39. The molecule has 0 aromatic rings. The van der Waals surface area contributed by atoms with Crippen molar-refractivity contribution in [3.05, 3.63) is 0 Å². The molecule has 0 radical (unpaired) electrons. The van der Waals surface area contributed by atoms with E-state index in [1.807, 2.05) is 0 Å². The van der Waals surface area contributed by atoms with Gasteiger partial charge in [-0.15, -0.1) is 0 Å². The van der Waals surface area contributed by atoms with E-state index in [1.165, 1.54) is 0 Å².